The van der Waals surface area contributed by atoms with E-state index in [1.807, 2.05) is 11.8 Å². The molecule has 2 N–H and O–H groups in total. The van der Waals surface area contributed by atoms with Crippen molar-refractivity contribution in [2.24, 2.45) is 0 Å². The normalized spacial score (nSPS) is 16.3. The standard InChI is InChI=1S/C15H23N3OS/c1-3-8-17-13-10-16-9-5-12(13)14(19)18-11-15(20-2)6-4-7-15/h5,9-10,17H,3-4,6-8,11H2,1-2H3,(H,18,19). The second-order valence-corrected chi connectivity index (χ2v) is 6.55. The molecule has 1 aliphatic carbocycles. The molecule has 1 aromatic heterocycles. The number of nitrogens with one attached hydrogen (secondary N) is 2. The van der Waals surface area contributed by atoms with Gasteiger partial charge in [-0.2, -0.15) is 11.8 Å². The Bertz CT molecular complexity index is 455. The first-order chi connectivity index (χ1) is 9.71. The number of rotatable bonds is 7. The van der Waals surface area contributed by atoms with Gasteiger partial charge in [-0.25, -0.2) is 0 Å². The highest BCUT2D eigenvalue weighted by Crippen LogP contribution is 2.42. The fourth-order valence-electron chi connectivity index (χ4n) is 2.35. The van der Waals surface area contributed by atoms with E-state index in [1.165, 1.54) is 19.3 Å². The molecule has 1 fully saturated rings. The third-order valence-corrected chi connectivity index (χ3v) is 5.32. The molecule has 0 bridgehead atoms. The summed E-state index contributed by atoms with van der Waals surface area (Å²) < 4.78 is 0.264. The van der Waals surface area contributed by atoms with Gasteiger partial charge < -0.3 is 10.6 Å². The van der Waals surface area contributed by atoms with Crippen molar-refractivity contribution in [1.82, 2.24) is 10.3 Å². The maximum atomic E-state index is 12.3. The average molecular weight is 293 g/mol. The molecule has 2 rings (SSSR count). The van der Waals surface area contributed by atoms with Crippen molar-refractivity contribution in [3.8, 4) is 0 Å². The lowest BCUT2D eigenvalue weighted by molar-refractivity contribution is 0.0944. The van der Waals surface area contributed by atoms with Gasteiger partial charge in [0.2, 0.25) is 0 Å². The second kappa shape index (κ2) is 6.97. The molecule has 5 heteroatoms. The van der Waals surface area contributed by atoms with Gasteiger partial charge in [-0.3, -0.25) is 9.78 Å². The van der Waals surface area contributed by atoms with Crippen molar-refractivity contribution >= 4 is 23.4 Å². The number of amides is 1. The molecule has 0 aromatic carbocycles. The van der Waals surface area contributed by atoms with Crippen LogP contribution in [0.2, 0.25) is 0 Å². The van der Waals surface area contributed by atoms with E-state index in [0.717, 1.165) is 25.2 Å². The van der Waals surface area contributed by atoms with Crippen LogP contribution in [-0.4, -0.2) is 35.0 Å². The van der Waals surface area contributed by atoms with Gasteiger partial charge in [0, 0.05) is 24.0 Å². The molecule has 0 radical (unpaired) electrons. The van der Waals surface area contributed by atoms with Gasteiger partial charge in [0.15, 0.2) is 0 Å². The summed E-state index contributed by atoms with van der Waals surface area (Å²) in [5.74, 6) is -0.00803. The molecule has 1 saturated carbocycles. The maximum absolute atomic E-state index is 12.3. The van der Waals surface area contributed by atoms with Gasteiger partial charge in [0.25, 0.3) is 5.91 Å². The van der Waals surface area contributed by atoms with Gasteiger partial charge in [0.05, 0.1) is 17.4 Å². The van der Waals surface area contributed by atoms with Crippen LogP contribution < -0.4 is 10.6 Å². The van der Waals surface area contributed by atoms with E-state index >= 15 is 0 Å². The summed E-state index contributed by atoms with van der Waals surface area (Å²) >= 11 is 1.87. The largest absolute Gasteiger partial charge is 0.383 e. The number of nitrogens with zero attached hydrogens (tertiary/aromatic N) is 1. The number of carbonyl (C=O) groups excluding carboxylic acids is 1. The minimum absolute atomic E-state index is 0.00803. The third-order valence-electron chi connectivity index (χ3n) is 3.90. The summed E-state index contributed by atoms with van der Waals surface area (Å²) in [6.07, 6.45) is 10.2. The summed E-state index contributed by atoms with van der Waals surface area (Å²) in [4.78, 5) is 16.4. The number of anilines is 1. The van der Waals surface area contributed by atoms with Crippen LogP contribution in [0.15, 0.2) is 18.5 Å². The van der Waals surface area contributed by atoms with Gasteiger partial charge in [-0.05, 0) is 31.6 Å². The molecular weight excluding hydrogens is 270 g/mol. The second-order valence-electron chi connectivity index (χ2n) is 5.27. The van der Waals surface area contributed by atoms with Gasteiger partial charge in [0.1, 0.15) is 0 Å². The Morgan fingerprint density at radius 1 is 1.50 bits per heavy atom. The van der Waals surface area contributed by atoms with E-state index in [9.17, 15) is 4.79 Å². The number of hydrogen-bond donors (Lipinski definition) is 2. The van der Waals surface area contributed by atoms with Crippen LogP contribution in [0.1, 0.15) is 43.0 Å². The molecule has 20 heavy (non-hydrogen) atoms. The predicted molar refractivity (Wildman–Crippen MR) is 85.4 cm³/mol. The van der Waals surface area contributed by atoms with Crippen LogP contribution in [-0.2, 0) is 0 Å². The Kier molecular flexibility index (Phi) is 5.29. The predicted octanol–water partition coefficient (Wildman–Crippen LogP) is 2.92. The molecular formula is C15H23N3OS. The van der Waals surface area contributed by atoms with E-state index in [4.69, 9.17) is 0 Å². The maximum Gasteiger partial charge on any atom is 0.253 e. The molecule has 110 valence electrons. The smallest absolute Gasteiger partial charge is 0.253 e. The van der Waals surface area contributed by atoms with Crippen molar-refractivity contribution in [3.63, 3.8) is 0 Å². The van der Waals surface area contributed by atoms with E-state index in [2.05, 4.69) is 28.8 Å². The van der Waals surface area contributed by atoms with E-state index in [-0.39, 0.29) is 10.7 Å². The highest BCUT2D eigenvalue weighted by molar-refractivity contribution is 8.00. The van der Waals surface area contributed by atoms with Gasteiger partial charge in [-0.1, -0.05) is 13.3 Å². The molecule has 4 nitrogen and oxygen atoms in total. The van der Waals surface area contributed by atoms with E-state index in [0.29, 0.717) is 5.56 Å². The molecule has 1 aliphatic rings. The minimum Gasteiger partial charge on any atom is -0.383 e. The number of pyridine rings is 1. The zero-order chi connectivity index (χ0) is 14.4. The quantitative estimate of drug-likeness (QED) is 0.811. The number of hydrogen-bond acceptors (Lipinski definition) is 4. The summed E-state index contributed by atoms with van der Waals surface area (Å²) in [7, 11) is 0. The molecule has 1 heterocycles. The lowest BCUT2D eigenvalue weighted by Crippen LogP contribution is -2.45. The molecule has 0 spiro atoms. The number of thioether (sulfide) groups is 1. The fraction of sp³-hybridized carbons (Fsp3) is 0.600. The van der Waals surface area contributed by atoms with E-state index in [1.54, 1.807) is 18.5 Å². The summed E-state index contributed by atoms with van der Waals surface area (Å²) in [5, 5.41) is 6.34. The first-order valence-corrected chi connectivity index (χ1v) is 8.44. The number of carbonyl (C=O) groups is 1. The van der Waals surface area contributed by atoms with Crippen molar-refractivity contribution in [2.75, 3.05) is 24.7 Å². The Morgan fingerprint density at radius 3 is 2.90 bits per heavy atom. The van der Waals surface area contributed by atoms with Crippen molar-refractivity contribution in [3.05, 3.63) is 24.0 Å². The first-order valence-electron chi connectivity index (χ1n) is 7.22. The van der Waals surface area contributed by atoms with Crippen molar-refractivity contribution in [2.45, 2.75) is 37.4 Å². The topological polar surface area (TPSA) is 54.0 Å². The Balaban J connectivity index is 1.98. The van der Waals surface area contributed by atoms with Crippen molar-refractivity contribution < 1.29 is 4.79 Å². The SMILES string of the molecule is CCCNc1cnccc1C(=O)NCC1(SC)CCC1. The summed E-state index contributed by atoms with van der Waals surface area (Å²) in [6, 6.07) is 1.78. The lowest BCUT2D eigenvalue weighted by atomic mass is 9.84. The van der Waals surface area contributed by atoms with Gasteiger partial charge in [-0.15, -0.1) is 0 Å². The first kappa shape index (κ1) is 15.2. The Labute approximate surface area is 125 Å². The van der Waals surface area contributed by atoms with Crippen LogP contribution >= 0.6 is 11.8 Å². The van der Waals surface area contributed by atoms with Crippen molar-refractivity contribution in [1.29, 1.82) is 0 Å². The Morgan fingerprint density at radius 2 is 2.30 bits per heavy atom. The summed E-state index contributed by atoms with van der Waals surface area (Å²) in [6.45, 7) is 3.70. The monoisotopic (exact) mass is 293 g/mol. The van der Waals surface area contributed by atoms with Crippen LogP contribution in [0.25, 0.3) is 0 Å². The van der Waals surface area contributed by atoms with Crippen LogP contribution in [0.4, 0.5) is 5.69 Å². The zero-order valence-corrected chi connectivity index (χ0v) is 13.1. The third kappa shape index (κ3) is 3.45. The molecule has 0 saturated heterocycles. The highest BCUT2D eigenvalue weighted by atomic mass is 32.2. The number of aromatic nitrogens is 1. The van der Waals surface area contributed by atoms with Crippen LogP contribution in [0.3, 0.4) is 0 Å². The van der Waals surface area contributed by atoms with Crippen LogP contribution in [0.5, 0.6) is 0 Å². The molecule has 1 amide bonds. The zero-order valence-electron chi connectivity index (χ0n) is 12.2. The molecule has 0 aliphatic heterocycles. The lowest BCUT2D eigenvalue weighted by Gasteiger charge is -2.40. The molecule has 0 atom stereocenters. The van der Waals surface area contributed by atoms with Crippen LogP contribution in [0, 0.1) is 0 Å². The van der Waals surface area contributed by atoms with E-state index < -0.39 is 0 Å². The Hall–Kier alpha value is -1.23. The molecule has 1 aromatic rings. The highest BCUT2D eigenvalue weighted by Gasteiger charge is 2.36. The average Bonchev–Trinajstić information content (AvgIpc) is 2.44. The minimum atomic E-state index is -0.00803. The fourth-order valence-corrected chi connectivity index (χ4v) is 3.27. The molecule has 0 unspecified atom stereocenters. The summed E-state index contributed by atoms with van der Waals surface area (Å²) in [5.41, 5.74) is 1.50. The van der Waals surface area contributed by atoms with Gasteiger partial charge >= 0.3 is 0 Å².